The van der Waals surface area contributed by atoms with E-state index in [2.05, 4.69) is 5.32 Å². The van der Waals surface area contributed by atoms with Gasteiger partial charge in [0.15, 0.2) is 0 Å². The Morgan fingerprint density at radius 1 is 1.37 bits per heavy atom. The highest BCUT2D eigenvalue weighted by atomic mass is 16.5. The Balaban J connectivity index is 1.74. The van der Waals surface area contributed by atoms with Gasteiger partial charge in [-0.2, -0.15) is 0 Å². The van der Waals surface area contributed by atoms with Crippen molar-refractivity contribution < 1.29 is 19.0 Å². The maximum Gasteiger partial charge on any atom is 0.268 e. The zero-order valence-corrected chi connectivity index (χ0v) is 16.5. The maximum absolute atomic E-state index is 12.9. The molecule has 0 spiro atoms. The highest BCUT2D eigenvalue weighted by Crippen LogP contribution is 2.24. The van der Waals surface area contributed by atoms with Crippen LogP contribution in [0, 0.1) is 0 Å². The number of hydrogen-bond acceptors (Lipinski definition) is 4. The Kier molecular flexibility index (Phi) is 6.19. The van der Waals surface area contributed by atoms with Crippen molar-refractivity contribution in [1.82, 2.24) is 9.88 Å². The fraction of sp³-hybridized carbons (Fsp3) is 0.476. The molecule has 146 valence electrons. The number of carbonyl (C=O) groups is 1. The molecule has 0 unspecified atom stereocenters. The van der Waals surface area contributed by atoms with Gasteiger partial charge < -0.3 is 24.1 Å². The Hall–Kier alpha value is -2.31. The number of aryl methyl sites for hydroxylation is 1. The first-order valence-corrected chi connectivity index (χ1v) is 9.26. The third-order valence-electron chi connectivity index (χ3n) is 4.90. The van der Waals surface area contributed by atoms with Crippen molar-refractivity contribution in [3.05, 3.63) is 41.6 Å². The minimum Gasteiger partial charge on any atom is -0.497 e. The highest BCUT2D eigenvalue weighted by Gasteiger charge is 2.29. The number of amides is 1. The molecule has 3 rings (SSSR count). The fourth-order valence-corrected chi connectivity index (χ4v) is 3.29. The molecule has 1 aliphatic rings. The van der Waals surface area contributed by atoms with Gasteiger partial charge in [-0.3, -0.25) is 4.79 Å². The molecule has 1 amide bonds. The lowest BCUT2D eigenvalue weighted by molar-refractivity contribution is -0.0458. The van der Waals surface area contributed by atoms with Crippen LogP contribution in [0.4, 0.5) is 0 Å². The standard InChI is InChI=1S/C21H28N2O4/c1-14(2)7-10-27-20-8-9-26-13-17(20)22-21(24)19-11-15-5-6-16(25-4)12-18(15)23(19)3/h5-7,11-12,17,20H,8-10,13H2,1-4H3,(H,22,24)/t17-,20+/m0/s1. The number of carbonyl (C=O) groups excluding carboxylic acids is 1. The zero-order valence-electron chi connectivity index (χ0n) is 16.5. The molecule has 0 radical (unpaired) electrons. The molecule has 1 N–H and O–H groups in total. The van der Waals surface area contributed by atoms with Crippen LogP contribution < -0.4 is 10.1 Å². The van der Waals surface area contributed by atoms with E-state index >= 15 is 0 Å². The predicted octanol–water partition coefficient (Wildman–Crippen LogP) is 3.06. The van der Waals surface area contributed by atoms with Crippen LogP contribution in [-0.2, 0) is 16.5 Å². The molecule has 0 bridgehead atoms. The minimum absolute atomic E-state index is 0.0481. The van der Waals surface area contributed by atoms with E-state index in [1.807, 2.05) is 55.8 Å². The molecule has 2 heterocycles. The minimum atomic E-state index is -0.163. The van der Waals surface area contributed by atoms with Gasteiger partial charge in [0.25, 0.3) is 5.91 Å². The smallest absolute Gasteiger partial charge is 0.268 e. The Bertz CT molecular complexity index is 836. The number of ether oxygens (including phenoxy) is 3. The fourth-order valence-electron chi connectivity index (χ4n) is 3.29. The van der Waals surface area contributed by atoms with Crippen LogP contribution in [0.3, 0.4) is 0 Å². The predicted molar refractivity (Wildman–Crippen MR) is 105 cm³/mol. The lowest BCUT2D eigenvalue weighted by atomic mass is 10.1. The Morgan fingerprint density at radius 3 is 2.93 bits per heavy atom. The SMILES string of the molecule is COc1ccc2cc(C(=O)N[C@H]3COCC[C@H]3OCC=C(C)C)n(C)c2c1. The summed E-state index contributed by atoms with van der Waals surface area (Å²) in [5.74, 6) is 0.642. The monoisotopic (exact) mass is 372 g/mol. The molecular weight excluding hydrogens is 344 g/mol. The summed E-state index contributed by atoms with van der Waals surface area (Å²) >= 11 is 0. The number of nitrogens with one attached hydrogen (secondary N) is 1. The largest absolute Gasteiger partial charge is 0.497 e. The molecule has 2 atom stereocenters. The van der Waals surface area contributed by atoms with E-state index in [9.17, 15) is 4.79 Å². The van der Waals surface area contributed by atoms with Gasteiger partial charge in [0, 0.05) is 25.1 Å². The van der Waals surface area contributed by atoms with Gasteiger partial charge in [0.05, 0.1) is 38.0 Å². The maximum atomic E-state index is 12.9. The topological polar surface area (TPSA) is 61.7 Å². The zero-order chi connectivity index (χ0) is 19.4. The van der Waals surface area contributed by atoms with Crippen molar-refractivity contribution in [3.8, 4) is 5.75 Å². The normalized spacial score (nSPS) is 19.7. The van der Waals surface area contributed by atoms with Crippen LogP contribution in [0.2, 0.25) is 0 Å². The molecule has 0 aliphatic carbocycles. The van der Waals surface area contributed by atoms with Crippen LogP contribution in [0.15, 0.2) is 35.9 Å². The van der Waals surface area contributed by atoms with Crippen LogP contribution in [0.5, 0.6) is 5.75 Å². The summed E-state index contributed by atoms with van der Waals surface area (Å²) in [6, 6.07) is 7.52. The summed E-state index contributed by atoms with van der Waals surface area (Å²) < 4.78 is 18.7. The summed E-state index contributed by atoms with van der Waals surface area (Å²) in [6.07, 6.45) is 2.77. The van der Waals surface area contributed by atoms with Gasteiger partial charge in [-0.25, -0.2) is 0 Å². The van der Waals surface area contributed by atoms with Crippen LogP contribution in [0.1, 0.15) is 30.8 Å². The average molecular weight is 372 g/mol. The third kappa shape index (κ3) is 4.51. The second-order valence-corrected chi connectivity index (χ2v) is 7.11. The highest BCUT2D eigenvalue weighted by molar-refractivity contribution is 5.99. The molecule has 1 aromatic carbocycles. The lowest BCUT2D eigenvalue weighted by Gasteiger charge is -2.31. The van der Waals surface area contributed by atoms with E-state index in [-0.39, 0.29) is 18.1 Å². The number of hydrogen-bond donors (Lipinski definition) is 1. The van der Waals surface area contributed by atoms with Gasteiger partial charge in [-0.05, 0) is 38.5 Å². The number of nitrogens with zero attached hydrogens (tertiary/aromatic N) is 1. The second-order valence-electron chi connectivity index (χ2n) is 7.11. The summed E-state index contributed by atoms with van der Waals surface area (Å²) in [4.78, 5) is 12.9. The van der Waals surface area contributed by atoms with Crippen molar-refractivity contribution in [3.63, 3.8) is 0 Å². The molecule has 1 fully saturated rings. The van der Waals surface area contributed by atoms with Crippen LogP contribution >= 0.6 is 0 Å². The van der Waals surface area contributed by atoms with E-state index in [1.165, 1.54) is 5.57 Å². The molecule has 0 saturated carbocycles. The molecule has 2 aromatic rings. The molecule has 6 nitrogen and oxygen atoms in total. The molecule has 1 saturated heterocycles. The van der Waals surface area contributed by atoms with Crippen molar-refractivity contribution in [2.75, 3.05) is 26.9 Å². The van der Waals surface area contributed by atoms with Crippen LogP contribution in [0.25, 0.3) is 10.9 Å². The van der Waals surface area contributed by atoms with E-state index in [4.69, 9.17) is 14.2 Å². The van der Waals surface area contributed by atoms with E-state index in [0.717, 1.165) is 23.1 Å². The first-order valence-electron chi connectivity index (χ1n) is 9.26. The van der Waals surface area contributed by atoms with Gasteiger partial charge in [0.1, 0.15) is 11.4 Å². The number of methoxy groups -OCH3 is 1. The summed E-state index contributed by atoms with van der Waals surface area (Å²) in [6.45, 7) is 5.75. The Labute approximate surface area is 160 Å². The van der Waals surface area contributed by atoms with Gasteiger partial charge in [-0.15, -0.1) is 0 Å². The second kappa shape index (κ2) is 8.59. The van der Waals surface area contributed by atoms with Crippen molar-refractivity contribution in [2.45, 2.75) is 32.4 Å². The number of allylic oxidation sites excluding steroid dienone is 1. The van der Waals surface area contributed by atoms with E-state index in [1.54, 1.807) is 7.11 Å². The first-order chi connectivity index (χ1) is 13.0. The lowest BCUT2D eigenvalue weighted by Crippen LogP contribution is -2.50. The van der Waals surface area contributed by atoms with Crippen molar-refractivity contribution in [1.29, 1.82) is 0 Å². The average Bonchev–Trinajstić information content (AvgIpc) is 2.99. The van der Waals surface area contributed by atoms with Gasteiger partial charge in [0.2, 0.25) is 0 Å². The van der Waals surface area contributed by atoms with Crippen molar-refractivity contribution in [2.24, 2.45) is 7.05 Å². The number of rotatable bonds is 6. The molecule has 1 aromatic heterocycles. The molecule has 6 heteroatoms. The summed E-state index contributed by atoms with van der Waals surface area (Å²) in [5.41, 5.74) is 2.77. The van der Waals surface area contributed by atoms with Crippen LogP contribution in [-0.4, -0.2) is 49.6 Å². The molecule has 1 aliphatic heterocycles. The molecular formula is C21H28N2O4. The van der Waals surface area contributed by atoms with E-state index < -0.39 is 0 Å². The van der Waals surface area contributed by atoms with Gasteiger partial charge >= 0.3 is 0 Å². The third-order valence-corrected chi connectivity index (χ3v) is 4.90. The first kappa shape index (κ1) is 19.5. The molecule has 27 heavy (non-hydrogen) atoms. The number of aromatic nitrogens is 1. The van der Waals surface area contributed by atoms with E-state index in [0.29, 0.717) is 25.5 Å². The number of fused-ring (bicyclic) bond motifs is 1. The quantitative estimate of drug-likeness (QED) is 0.792. The van der Waals surface area contributed by atoms with Gasteiger partial charge in [-0.1, -0.05) is 11.6 Å². The summed E-state index contributed by atoms with van der Waals surface area (Å²) in [7, 11) is 3.52. The Morgan fingerprint density at radius 2 is 2.19 bits per heavy atom. The summed E-state index contributed by atoms with van der Waals surface area (Å²) in [5, 5.41) is 4.09. The number of benzene rings is 1. The van der Waals surface area contributed by atoms with Crippen molar-refractivity contribution >= 4 is 16.8 Å².